The van der Waals surface area contributed by atoms with E-state index in [1.807, 2.05) is 42.2 Å². The van der Waals surface area contributed by atoms with Gasteiger partial charge in [-0.2, -0.15) is 0 Å². The molecule has 1 aliphatic heterocycles. The third-order valence-electron chi connectivity index (χ3n) is 3.50. The van der Waals surface area contributed by atoms with Gasteiger partial charge in [0.15, 0.2) is 5.96 Å². The Morgan fingerprint density at radius 3 is 2.86 bits per heavy atom. The summed E-state index contributed by atoms with van der Waals surface area (Å²) in [4.78, 5) is 18.2. The molecule has 6 nitrogen and oxygen atoms in total. The van der Waals surface area contributed by atoms with Crippen LogP contribution in [0.3, 0.4) is 0 Å². The van der Waals surface area contributed by atoms with Gasteiger partial charge >= 0.3 is 0 Å². The maximum atomic E-state index is 12.2. The van der Waals surface area contributed by atoms with Crippen LogP contribution in [0, 0.1) is 0 Å². The van der Waals surface area contributed by atoms with Gasteiger partial charge in [0.25, 0.3) is 0 Å². The Morgan fingerprint density at radius 2 is 2.18 bits per heavy atom. The molecule has 1 unspecified atom stereocenters. The van der Waals surface area contributed by atoms with E-state index in [2.05, 4.69) is 15.6 Å². The predicted octanol–water partition coefficient (Wildman–Crippen LogP) is 0.993. The molecular weight excluding hydrogens is 280 g/mol. The van der Waals surface area contributed by atoms with E-state index >= 15 is 0 Å². The highest BCUT2D eigenvalue weighted by molar-refractivity contribution is 5.97. The average Bonchev–Trinajstić information content (AvgIpc) is 2.91. The molecule has 1 aromatic rings. The number of para-hydroxylation sites is 1. The highest BCUT2D eigenvalue weighted by Gasteiger charge is 2.30. The molecule has 22 heavy (non-hydrogen) atoms. The summed E-state index contributed by atoms with van der Waals surface area (Å²) < 4.78 is 5.28. The second kappa shape index (κ2) is 8.38. The summed E-state index contributed by atoms with van der Waals surface area (Å²) in [6, 6.07) is 9.80. The monoisotopic (exact) mass is 304 g/mol. The van der Waals surface area contributed by atoms with E-state index in [1.165, 1.54) is 0 Å². The molecule has 0 aromatic heterocycles. The van der Waals surface area contributed by atoms with E-state index in [0.717, 1.165) is 5.69 Å². The number of nitrogens with zero attached hydrogens (tertiary/aromatic N) is 2. The molecule has 1 amide bonds. The van der Waals surface area contributed by atoms with Crippen molar-refractivity contribution in [2.45, 2.75) is 19.4 Å². The molecule has 1 aromatic carbocycles. The van der Waals surface area contributed by atoms with Crippen molar-refractivity contribution >= 4 is 17.6 Å². The van der Waals surface area contributed by atoms with E-state index in [-0.39, 0.29) is 11.9 Å². The molecule has 1 saturated heterocycles. The molecule has 1 atom stereocenters. The maximum absolute atomic E-state index is 12.2. The minimum absolute atomic E-state index is 0.0611. The van der Waals surface area contributed by atoms with Crippen LogP contribution in [0.4, 0.5) is 5.69 Å². The van der Waals surface area contributed by atoms with Crippen molar-refractivity contribution in [2.24, 2.45) is 4.99 Å². The Kier molecular flexibility index (Phi) is 6.21. The summed E-state index contributed by atoms with van der Waals surface area (Å²) in [6.45, 7) is 4.65. The Bertz CT molecular complexity index is 504. The zero-order chi connectivity index (χ0) is 15.8. The van der Waals surface area contributed by atoms with Crippen LogP contribution in [-0.2, 0) is 9.53 Å². The number of anilines is 1. The van der Waals surface area contributed by atoms with E-state index in [1.54, 1.807) is 7.05 Å². The van der Waals surface area contributed by atoms with Gasteiger partial charge in [-0.05, 0) is 19.1 Å². The van der Waals surface area contributed by atoms with Gasteiger partial charge in [-0.25, -0.2) is 0 Å². The molecule has 1 fully saturated rings. The van der Waals surface area contributed by atoms with E-state index in [9.17, 15) is 4.79 Å². The van der Waals surface area contributed by atoms with Gasteiger partial charge in [-0.3, -0.25) is 9.79 Å². The first-order valence-corrected chi connectivity index (χ1v) is 7.65. The second-order valence-corrected chi connectivity index (χ2v) is 5.08. The molecule has 2 N–H and O–H groups in total. The number of guanidine groups is 1. The lowest BCUT2D eigenvalue weighted by molar-refractivity contribution is -0.117. The SMILES string of the molecule is CCOCCNC(=NC)NC1CC(=O)N(c2ccccc2)C1. The summed E-state index contributed by atoms with van der Waals surface area (Å²) >= 11 is 0. The summed E-state index contributed by atoms with van der Waals surface area (Å²) in [5, 5.41) is 6.48. The molecule has 0 bridgehead atoms. The zero-order valence-corrected chi connectivity index (χ0v) is 13.2. The van der Waals surface area contributed by atoms with E-state index in [4.69, 9.17) is 4.74 Å². The molecule has 0 spiro atoms. The molecule has 0 aliphatic carbocycles. The van der Waals surface area contributed by atoms with Crippen molar-refractivity contribution in [1.29, 1.82) is 0 Å². The van der Waals surface area contributed by atoms with E-state index in [0.29, 0.717) is 38.7 Å². The third-order valence-corrected chi connectivity index (χ3v) is 3.50. The Morgan fingerprint density at radius 1 is 1.41 bits per heavy atom. The van der Waals surface area contributed by atoms with Crippen LogP contribution >= 0.6 is 0 Å². The molecule has 1 aliphatic rings. The van der Waals surface area contributed by atoms with Crippen LogP contribution in [0.25, 0.3) is 0 Å². The van der Waals surface area contributed by atoms with Crippen LogP contribution in [0.15, 0.2) is 35.3 Å². The van der Waals surface area contributed by atoms with Crippen molar-refractivity contribution in [3.63, 3.8) is 0 Å². The Balaban J connectivity index is 1.85. The fourth-order valence-electron chi connectivity index (χ4n) is 2.44. The first kappa shape index (κ1) is 16.3. The number of hydrogen-bond acceptors (Lipinski definition) is 3. The van der Waals surface area contributed by atoms with Gasteiger partial charge in [0, 0.05) is 38.9 Å². The average molecular weight is 304 g/mol. The zero-order valence-electron chi connectivity index (χ0n) is 13.2. The van der Waals surface area contributed by atoms with Gasteiger partial charge in [0.1, 0.15) is 0 Å². The van der Waals surface area contributed by atoms with Crippen LogP contribution in [0.2, 0.25) is 0 Å². The molecule has 120 valence electrons. The standard InChI is InChI=1S/C16H24N4O2/c1-3-22-10-9-18-16(17-2)19-13-11-15(21)20(12-13)14-7-5-4-6-8-14/h4-8,13H,3,9-12H2,1-2H3,(H2,17,18,19). The number of nitrogens with one attached hydrogen (secondary N) is 2. The van der Waals surface area contributed by atoms with Crippen molar-refractivity contribution in [2.75, 3.05) is 38.3 Å². The lowest BCUT2D eigenvalue weighted by atomic mass is 10.2. The Hall–Kier alpha value is -2.08. The largest absolute Gasteiger partial charge is 0.380 e. The smallest absolute Gasteiger partial charge is 0.229 e. The lowest BCUT2D eigenvalue weighted by Gasteiger charge is -2.19. The van der Waals surface area contributed by atoms with Crippen molar-refractivity contribution < 1.29 is 9.53 Å². The fraction of sp³-hybridized carbons (Fsp3) is 0.500. The van der Waals surface area contributed by atoms with Crippen molar-refractivity contribution in [3.05, 3.63) is 30.3 Å². The first-order chi connectivity index (χ1) is 10.7. The molecule has 0 saturated carbocycles. The van der Waals surface area contributed by atoms with Gasteiger partial charge in [0.05, 0.1) is 12.6 Å². The predicted molar refractivity (Wildman–Crippen MR) is 88.2 cm³/mol. The van der Waals surface area contributed by atoms with E-state index < -0.39 is 0 Å². The number of aliphatic imine (C=N–C) groups is 1. The van der Waals surface area contributed by atoms with Crippen molar-refractivity contribution in [1.82, 2.24) is 10.6 Å². The van der Waals surface area contributed by atoms with Crippen LogP contribution in [0.1, 0.15) is 13.3 Å². The highest BCUT2D eigenvalue weighted by Crippen LogP contribution is 2.20. The van der Waals surface area contributed by atoms with Crippen LogP contribution < -0.4 is 15.5 Å². The molecule has 1 heterocycles. The molecular formula is C16H24N4O2. The van der Waals surface area contributed by atoms with Gasteiger partial charge in [-0.1, -0.05) is 18.2 Å². The number of rotatable bonds is 6. The molecule has 2 rings (SSSR count). The van der Waals surface area contributed by atoms with Crippen LogP contribution in [-0.4, -0.2) is 51.3 Å². The number of carbonyl (C=O) groups excluding carboxylic acids is 1. The minimum Gasteiger partial charge on any atom is -0.380 e. The topological polar surface area (TPSA) is 66.0 Å². The number of benzene rings is 1. The summed E-state index contributed by atoms with van der Waals surface area (Å²) in [7, 11) is 1.72. The lowest BCUT2D eigenvalue weighted by Crippen LogP contribution is -2.45. The second-order valence-electron chi connectivity index (χ2n) is 5.08. The highest BCUT2D eigenvalue weighted by atomic mass is 16.5. The third kappa shape index (κ3) is 4.46. The van der Waals surface area contributed by atoms with Gasteiger partial charge in [0.2, 0.25) is 5.91 Å². The number of ether oxygens (including phenoxy) is 1. The first-order valence-electron chi connectivity index (χ1n) is 7.65. The number of amides is 1. The molecule has 0 radical (unpaired) electrons. The Labute approximate surface area is 131 Å². The van der Waals surface area contributed by atoms with Gasteiger partial charge < -0.3 is 20.3 Å². The van der Waals surface area contributed by atoms with Crippen LogP contribution in [0.5, 0.6) is 0 Å². The maximum Gasteiger partial charge on any atom is 0.229 e. The summed E-state index contributed by atoms with van der Waals surface area (Å²) in [5.41, 5.74) is 0.941. The number of carbonyl (C=O) groups is 1. The normalized spacial score (nSPS) is 18.6. The summed E-state index contributed by atoms with van der Waals surface area (Å²) in [6.07, 6.45) is 0.473. The molecule has 6 heteroatoms. The van der Waals surface area contributed by atoms with Crippen molar-refractivity contribution in [3.8, 4) is 0 Å². The summed E-state index contributed by atoms with van der Waals surface area (Å²) in [5.74, 6) is 0.834. The number of hydrogen-bond donors (Lipinski definition) is 2. The fourth-order valence-corrected chi connectivity index (χ4v) is 2.44. The van der Waals surface area contributed by atoms with Gasteiger partial charge in [-0.15, -0.1) is 0 Å². The minimum atomic E-state index is 0.0611. The quantitative estimate of drug-likeness (QED) is 0.467.